The molecule has 0 unspecified atom stereocenters. The van der Waals surface area contributed by atoms with Crippen LogP contribution in [0.3, 0.4) is 0 Å². The predicted octanol–water partition coefficient (Wildman–Crippen LogP) is 11.5. The highest BCUT2D eigenvalue weighted by Gasteiger charge is 2.16. The Morgan fingerprint density at radius 2 is 1.04 bits per heavy atom. The Labute approximate surface area is 269 Å². The molecule has 3 heterocycles. The van der Waals surface area contributed by atoms with E-state index in [0.717, 1.165) is 54.9 Å². The Kier molecular flexibility index (Phi) is 5.54. The summed E-state index contributed by atoms with van der Waals surface area (Å²) in [6, 6.07) is 52.0. The van der Waals surface area contributed by atoms with Crippen molar-refractivity contribution in [3.8, 4) is 11.4 Å². The maximum atomic E-state index is 6.21. The molecule has 47 heavy (non-hydrogen) atoms. The fraction of sp³-hybridized carbons (Fsp3) is 0. The van der Waals surface area contributed by atoms with Crippen LogP contribution in [-0.2, 0) is 0 Å². The number of nitrogens with zero attached hydrogens (tertiary/aromatic N) is 3. The molecule has 0 aliphatic rings. The van der Waals surface area contributed by atoms with Gasteiger partial charge in [-0.15, -0.1) is 0 Å². The molecule has 0 N–H and O–H groups in total. The van der Waals surface area contributed by atoms with Gasteiger partial charge >= 0.3 is 0 Å². The summed E-state index contributed by atoms with van der Waals surface area (Å²) < 4.78 is 10.8. The van der Waals surface area contributed by atoms with Crippen molar-refractivity contribution < 1.29 is 4.42 Å². The highest BCUT2D eigenvalue weighted by atomic mass is 16.3. The maximum absolute atomic E-state index is 6.21. The standard InChI is InChI=1S/C43H27N3O/c1-2-11-28(12-3-1)45-23-24-47-42-27-38-37(26-41(42)45)36-25-29(46-39-18-8-6-15-33(39)34-16-7-9-19-40(34)46)20-21-32(36)30-13-4-5-14-31(30)35-17-10-22-44-43(35)38/h1-27H. The molecule has 220 valence electrons. The summed E-state index contributed by atoms with van der Waals surface area (Å²) in [5.41, 5.74) is 7.27. The number of hydrogen-bond donors (Lipinski definition) is 0. The lowest BCUT2D eigenvalue weighted by atomic mass is 9.95. The second kappa shape index (κ2) is 10.1. The third-order valence-electron chi connectivity index (χ3n) is 9.50. The topological polar surface area (TPSA) is 35.9 Å². The number of aromatic nitrogens is 3. The van der Waals surface area contributed by atoms with Crippen LogP contribution >= 0.6 is 0 Å². The van der Waals surface area contributed by atoms with Crippen LogP contribution in [0.15, 0.2) is 169 Å². The average molecular weight is 602 g/mol. The summed E-state index contributed by atoms with van der Waals surface area (Å²) in [6.07, 6.45) is 5.64. The van der Waals surface area contributed by atoms with Gasteiger partial charge in [0.15, 0.2) is 5.58 Å². The Morgan fingerprint density at radius 3 is 1.81 bits per heavy atom. The van der Waals surface area contributed by atoms with Crippen LogP contribution in [0.5, 0.6) is 0 Å². The average Bonchev–Trinajstić information content (AvgIpc) is 3.48. The van der Waals surface area contributed by atoms with Crippen molar-refractivity contribution in [2.45, 2.75) is 0 Å². The molecule has 0 saturated carbocycles. The molecule has 10 aromatic rings. The van der Waals surface area contributed by atoms with Crippen LogP contribution in [0, 0.1) is 0 Å². The summed E-state index contributed by atoms with van der Waals surface area (Å²) in [6.45, 7) is 0. The molecule has 3 aromatic heterocycles. The quantitative estimate of drug-likeness (QED) is 0.198. The van der Waals surface area contributed by atoms with E-state index in [1.54, 1.807) is 6.26 Å². The fourth-order valence-electron chi connectivity index (χ4n) is 7.45. The Bertz CT molecular complexity index is 2860. The van der Waals surface area contributed by atoms with Crippen LogP contribution in [0.1, 0.15) is 0 Å². The van der Waals surface area contributed by atoms with E-state index in [9.17, 15) is 0 Å². The Balaban J connectivity index is 1.44. The van der Waals surface area contributed by atoms with E-state index in [-0.39, 0.29) is 0 Å². The number of benzene rings is 6. The minimum Gasteiger partial charge on any atom is -0.461 e. The smallest absolute Gasteiger partial charge is 0.151 e. The molecular weight excluding hydrogens is 574 g/mol. The summed E-state index contributed by atoms with van der Waals surface area (Å²) in [5, 5.41) is 10.4. The molecule has 0 radical (unpaired) electrons. The van der Waals surface area contributed by atoms with Gasteiger partial charge in [0.1, 0.15) is 6.26 Å². The summed E-state index contributed by atoms with van der Waals surface area (Å²) in [5.74, 6) is 0. The Hall–Kier alpha value is -6.39. The van der Waals surface area contributed by atoms with Gasteiger partial charge in [0.05, 0.1) is 22.1 Å². The number of hydrogen-bond acceptors (Lipinski definition) is 2. The van der Waals surface area contributed by atoms with Crippen molar-refractivity contribution >= 4 is 76.1 Å². The van der Waals surface area contributed by atoms with E-state index >= 15 is 0 Å². The number of pyridine rings is 1. The van der Waals surface area contributed by atoms with Gasteiger partial charge in [0, 0.05) is 45.3 Å². The first kappa shape index (κ1) is 25.9. The molecule has 4 nitrogen and oxygen atoms in total. The third kappa shape index (κ3) is 3.85. The van der Waals surface area contributed by atoms with Crippen molar-refractivity contribution in [2.75, 3.05) is 0 Å². The van der Waals surface area contributed by atoms with Crippen molar-refractivity contribution in [1.82, 2.24) is 14.1 Å². The van der Waals surface area contributed by atoms with Crippen LogP contribution in [0.2, 0.25) is 0 Å². The first-order chi connectivity index (χ1) is 23.3. The molecular formula is C43H27N3O. The molecule has 4 heteroatoms. The minimum absolute atomic E-state index is 0.792. The molecule has 0 bridgehead atoms. The molecule has 0 saturated heterocycles. The van der Waals surface area contributed by atoms with Crippen LogP contribution in [0.4, 0.5) is 0 Å². The molecule has 0 spiro atoms. The molecule has 10 rings (SSSR count). The lowest BCUT2D eigenvalue weighted by molar-refractivity contribution is 0.593. The zero-order valence-corrected chi connectivity index (χ0v) is 25.3. The highest BCUT2D eigenvalue weighted by molar-refractivity contribution is 6.26. The van der Waals surface area contributed by atoms with E-state index in [1.165, 1.54) is 32.6 Å². The van der Waals surface area contributed by atoms with Crippen LogP contribution in [-0.4, -0.2) is 14.1 Å². The minimum atomic E-state index is 0.792. The van der Waals surface area contributed by atoms with Gasteiger partial charge in [-0.25, -0.2) is 0 Å². The van der Waals surface area contributed by atoms with Gasteiger partial charge in [0.2, 0.25) is 0 Å². The van der Waals surface area contributed by atoms with Crippen molar-refractivity contribution in [1.29, 1.82) is 0 Å². The number of para-hydroxylation sites is 3. The summed E-state index contributed by atoms with van der Waals surface area (Å²) in [4.78, 5) is 5.02. The van der Waals surface area contributed by atoms with E-state index in [0.29, 0.717) is 0 Å². The lowest BCUT2D eigenvalue weighted by Gasteiger charge is -2.15. The fourth-order valence-corrected chi connectivity index (χ4v) is 7.45. The van der Waals surface area contributed by atoms with Gasteiger partial charge in [-0.1, -0.05) is 91.0 Å². The van der Waals surface area contributed by atoms with Gasteiger partial charge in [-0.05, 0) is 81.5 Å². The maximum Gasteiger partial charge on any atom is 0.151 e. The second-order valence-electron chi connectivity index (χ2n) is 12.0. The van der Waals surface area contributed by atoms with Crippen molar-refractivity contribution in [3.05, 3.63) is 164 Å². The zero-order valence-electron chi connectivity index (χ0n) is 25.3. The van der Waals surface area contributed by atoms with Gasteiger partial charge in [-0.3, -0.25) is 4.98 Å². The molecule has 0 amide bonds. The molecule has 0 fully saturated rings. The Morgan fingerprint density at radius 1 is 0.426 bits per heavy atom. The zero-order chi connectivity index (χ0) is 30.9. The number of rotatable bonds is 2. The molecule has 0 aliphatic carbocycles. The predicted molar refractivity (Wildman–Crippen MR) is 195 cm³/mol. The summed E-state index contributed by atoms with van der Waals surface area (Å²) >= 11 is 0. The molecule has 0 atom stereocenters. The molecule has 7 aromatic carbocycles. The van der Waals surface area contributed by atoms with E-state index in [4.69, 9.17) is 9.40 Å². The first-order valence-corrected chi connectivity index (χ1v) is 15.9. The molecule has 0 aliphatic heterocycles. The first-order valence-electron chi connectivity index (χ1n) is 15.9. The van der Waals surface area contributed by atoms with Gasteiger partial charge < -0.3 is 13.6 Å². The van der Waals surface area contributed by atoms with Crippen LogP contribution < -0.4 is 0 Å². The van der Waals surface area contributed by atoms with E-state index in [2.05, 4.69) is 143 Å². The summed E-state index contributed by atoms with van der Waals surface area (Å²) in [7, 11) is 0. The highest BCUT2D eigenvalue weighted by Crippen LogP contribution is 2.39. The van der Waals surface area contributed by atoms with E-state index in [1.807, 2.05) is 24.5 Å². The monoisotopic (exact) mass is 601 g/mol. The van der Waals surface area contributed by atoms with E-state index < -0.39 is 0 Å². The van der Waals surface area contributed by atoms with Crippen molar-refractivity contribution in [3.63, 3.8) is 0 Å². The van der Waals surface area contributed by atoms with Gasteiger partial charge in [0.25, 0.3) is 0 Å². The normalized spacial score (nSPS) is 11.8. The van der Waals surface area contributed by atoms with Gasteiger partial charge in [-0.2, -0.15) is 0 Å². The number of fused-ring (bicyclic) bond motifs is 12. The second-order valence-corrected chi connectivity index (χ2v) is 12.0. The van der Waals surface area contributed by atoms with Crippen LogP contribution in [0.25, 0.3) is 87.5 Å². The lowest BCUT2D eigenvalue weighted by Crippen LogP contribution is -1.97. The largest absolute Gasteiger partial charge is 0.461 e. The SMILES string of the molecule is c1ccc(-n2ccoc3cc4c(cc32)c2cc(-n3c5ccccc5c5ccccc53)ccc2c2ccccc2c2cccnc24)cc1. The van der Waals surface area contributed by atoms with Crippen molar-refractivity contribution in [2.24, 2.45) is 0 Å². The third-order valence-corrected chi connectivity index (χ3v) is 9.50.